The van der Waals surface area contributed by atoms with Crippen LogP contribution in [-0.2, 0) is 0 Å². The Balaban J connectivity index is 2.39. The highest BCUT2D eigenvalue weighted by Gasteiger charge is 2.16. The summed E-state index contributed by atoms with van der Waals surface area (Å²) in [6.07, 6.45) is 0. The van der Waals surface area contributed by atoms with Gasteiger partial charge in [0, 0.05) is 0 Å². The van der Waals surface area contributed by atoms with E-state index in [0.717, 1.165) is 0 Å². The Labute approximate surface area is 135 Å². The summed E-state index contributed by atoms with van der Waals surface area (Å²) in [6.45, 7) is 0. The zero-order valence-electron chi connectivity index (χ0n) is 10.4. The van der Waals surface area contributed by atoms with Crippen LogP contribution in [0.3, 0.4) is 0 Å². The van der Waals surface area contributed by atoms with Gasteiger partial charge in [-0.2, -0.15) is 5.26 Å². The van der Waals surface area contributed by atoms with E-state index < -0.39 is 0 Å². The van der Waals surface area contributed by atoms with Gasteiger partial charge in [-0.25, -0.2) is 4.98 Å². The van der Waals surface area contributed by atoms with Gasteiger partial charge in [-0.3, -0.25) is 4.57 Å². The summed E-state index contributed by atoms with van der Waals surface area (Å²) in [5.74, 6) is 0.216. The smallest absolute Gasteiger partial charge is 0.206 e. The van der Waals surface area contributed by atoms with Crippen LogP contribution in [0, 0.1) is 11.3 Å². The van der Waals surface area contributed by atoms with Crippen LogP contribution in [0.15, 0.2) is 30.3 Å². The van der Waals surface area contributed by atoms with E-state index in [1.807, 2.05) is 0 Å². The number of aromatic nitrogens is 2. The minimum atomic E-state index is 0.216. The van der Waals surface area contributed by atoms with Gasteiger partial charge in [0.05, 0.1) is 31.8 Å². The van der Waals surface area contributed by atoms with Crippen molar-refractivity contribution in [3.05, 3.63) is 51.0 Å². The Morgan fingerprint density at radius 2 is 1.81 bits per heavy atom. The standard InChI is InChI=1S/C14H7Cl3N4/c15-8-4-10(17)12(5-9(8)16)21-11-3-1-2-7(6-18)13(11)20-14(21)19/h1-5H,(H2,19,20). The Morgan fingerprint density at radius 1 is 1.10 bits per heavy atom. The molecule has 2 aromatic carbocycles. The molecule has 0 radical (unpaired) electrons. The summed E-state index contributed by atoms with van der Waals surface area (Å²) in [7, 11) is 0. The summed E-state index contributed by atoms with van der Waals surface area (Å²) in [6, 6.07) is 10.5. The summed E-state index contributed by atoms with van der Waals surface area (Å²) in [5.41, 5.74) is 8.16. The minimum Gasteiger partial charge on any atom is -0.369 e. The van der Waals surface area contributed by atoms with Crippen LogP contribution >= 0.6 is 34.8 Å². The first-order valence-electron chi connectivity index (χ1n) is 5.85. The lowest BCUT2D eigenvalue weighted by Gasteiger charge is -2.10. The van der Waals surface area contributed by atoms with E-state index in [0.29, 0.717) is 37.4 Å². The molecule has 3 rings (SSSR count). The van der Waals surface area contributed by atoms with Gasteiger partial charge in [0.25, 0.3) is 0 Å². The average molecular weight is 338 g/mol. The monoisotopic (exact) mass is 336 g/mol. The van der Waals surface area contributed by atoms with E-state index in [2.05, 4.69) is 11.1 Å². The first-order chi connectivity index (χ1) is 10.0. The minimum absolute atomic E-state index is 0.216. The molecule has 2 N–H and O–H groups in total. The van der Waals surface area contributed by atoms with Crippen molar-refractivity contribution in [1.82, 2.24) is 9.55 Å². The second-order valence-corrected chi connectivity index (χ2v) is 5.53. The molecule has 0 bridgehead atoms. The molecular formula is C14H7Cl3N4. The van der Waals surface area contributed by atoms with Crippen molar-refractivity contribution in [3.8, 4) is 11.8 Å². The van der Waals surface area contributed by atoms with Gasteiger partial charge in [-0.15, -0.1) is 0 Å². The lowest BCUT2D eigenvalue weighted by molar-refractivity contribution is 1.11. The molecule has 0 aliphatic carbocycles. The van der Waals surface area contributed by atoms with Crippen LogP contribution in [0.2, 0.25) is 15.1 Å². The van der Waals surface area contributed by atoms with Crippen molar-refractivity contribution in [2.75, 3.05) is 5.73 Å². The van der Waals surface area contributed by atoms with Crippen molar-refractivity contribution in [3.63, 3.8) is 0 Å². The van der Waals surface area contributed by atoms with E-state index >= 15 is 0 Å². The maximum atomic E-state index is 9.14. The molecule has 104 valence electrons. The number of nitrogen functional groups attached to an aromatic ring is 1. The molecule has 21 heavy (non-hydrogen) atoms. The van der Waals surface area contributed by atoms with Crippen molar-refractivity contribution in [1.29, 1.82) is 5.26 Å². The molecule has 0 unspecified atom stereocenters. The fraction of sp³-hybridized carbons (Fsp3) is 0. The van der Waals surface area contributed by atoms with Crippen LogP contribution in [-0.4, -0.2) is 9.55 Å². The van der Waals surface area contributed by atoms with E-state index in [4.69, 9.17) is 45.8 Å². The summed E-state index contributed by atoms with van der Waals surface area (Å²) < 4.78 is 1.64. The largest absolute Gasteiger partial charge is 0.369 e. The fourth-order valence-corrected chi connectivity index (χ4v) is 2.77. The number of fused-ring (bicyclic) bond motifs is 1. The normalized spacial score (nSPS) is 10.8. The van der Waals surface area contributed by atoms with Crippen molar-refractivity contribution in [2.24, 2.45) is 0 Å². The van der Waals surface area contributed by atoms with Crippen LogP contribution in [0.25, 0.3) is 16.7 Å². The van der Waals surface area contributed by atoms with Crippen LogP contribution in [0.5, 0.6) is 0 Å². The first-order valence-corrected chi connectivity index (χ1v) is 6.98. The lowest BCUT2D eigenvalue weighted by Crippen LogP contribution is -2.01. The van der Waals surface area contributed by atoms with Crippen molar-refractivity contribution < 1.29 is 0 Å². The molecule has 1 heterocycles. The number of nitriles is 1. The predicted octanol–water partition coefficient (Wildman–Crippen LogP) is 4.44. The molecule has 3 aromatic rings. The predicted molar refractivity (Wildman–Crippen MR) is 85.2 cm³/mol. The van der Waals surface area contributed by atoms with Gasteiger partial charge in [-0.1, -0.05) is 40.9 Å². The second kappa shape index (κ2) is 5.12. The number of anilines is 1. The number of nitrogens with zero attached hydrogens (tertiary/aromatic N) is 3. The van der Waals surface area contributed by atoms with Crippen LogP contribution in [0.4, 0.5) is 5.95 Å². The molecule has 0 fully saturated rings. The lowest BCUT2D eigenvalue weighted by atomic mass is 10.2. The third-order valence-electron chi connectivity index (χ3n) is 3.06. The Morgan fingerprint density at radius 3 is 2.52 bits per heavy atom. The highest BCUT2D eigenvalue weighted by molar-refractivity contribution is 6.43. The molecule has 0 spiro atoms. The third kappa shape index (κ3) is 2.20. The highest BCUT2D eigenvalue weighted by Crippen LogP contribution is 2.34. The quantitative estimate of drug-likeness (QED) is 0.667. The number of nitrogens with two attached hydrogens (primary N) is 1. The molecule has 0 aliphatic rings. The number of benzene rings is 2. The number of para-hydroxylation sites is 1. The van der Waals surface area contributed by atoms with Crippen LogP contribution in [0.1, 0.15) is 5.56 Å². The van der Waals surface area contributed by atoms with E-state index in [1.165, 1.54) is 0 Å². The van der Waals surface area contributed by atoms with Gasteiger partial charge in [0.2, 0.25) is 5.95 Å². The van der Waals surface area contributed by atoms with Gasteiger partial charge in [-0.05, 0) is 24.3 Å². The van der Waals surface area contributed by atoms with E-state index in [1.54, 1.807) is 34.9 Å². The topological polar surface area (TPSA) is 67.6 Å². The van der Waals surface area contributed by atoms with E-state index in [-0.39, 0.29) is 5.95 Å². The molecule has 0 saturated heterocycles. The maximum absolute atomic E-state index is 9.14. The van der Waals surface area contributed by atoms with Gasteiger partial charge in [0.15, 0.2) is 0 Å². The summed E-state index contributed by atoms with van der Waals surface area (Å²) >= 11 is 18.2. The second-order valence-electron chi connectivity index (χ2n) is 4.31. The highest BCUT2D eigenvalue weighted by atomic mass is 35.5. The van der Waals surface area contributed by atoms with Crippen molar-refractivity contribution in [2.45, 2.75) is 0 Å². The van der Waals surface area contributed by atoms with Gasteiger partial charge >= 0.3 is 0 Å². The molecular weight excluding hydrogens is 331 g/mol. The number of hydrogen-bond donors (Lipinski definition) is 1. The average Bonchev–Trinajstić information content (AvgIpc) is 2.79. The molecule has 7 heteroatoms. The third-order valence-corrected chi connectivity index (χ3v) is 4.09. The Bertz CT molecular complexity index is 909. The Hall–Kier alpha value is -1.93. The number of imidazole rings is 1. The SMILES string of the molecule is N#Cc1cccc2c1nc(N)n2-c1cc(Cl)c(Cl)cc1Cl. The van der Waals surface area contributed by atoms with E-state index in [9.17, 15) is 0 Å². The first kappa shape index (κ1) is 14.0. The molecule has 4 nitrogen and oxygen atoms in total. The maximum Gasteiger partial charge on any atom is 0.206 e. The van der Waals surface area contributed by atoms with Crippen LogP contribution < -0.4 is 5.73 Å². The molecule has 1 aromatic heterocycles. The number of rotatable bonds is 1. The Kier molecular flexibility index (Phi) is 3.42. The molecule has 0 amide bonds. The zero-order valence-corrected chi connectivity index (χ0v) is 12.7. The van der Waals surface area contributed by atoms with Crippen molar-refractivity contribution >= 4 is 51.8 Å². The molecule has 0 aliphatic heterocycles. The van der Waals surface area contributed by atoms with Gasteiger partial charge in [0.1, 0.15) is 11.6 Å². The molecule has 0 atom stereocenters. The number of halogens is 3. The summed E-state index contributed by atoms with van der Waals surface area (Å²) in [5, 5.41) is 10.2. The van der Waals surface area contributed by atoms with Gasteiger partial charge < -0.3 is 5.73 Å². The number of hydrogen-bond acceptors (Lipinski definition) is 3. The zero-order chi connectivity index (χ0) is 15.1. The molecule has 0 saturated carbocycles. The fourth-order valence-electron chi connectivity index (χ4n) is 2.14. The summed E-state index contributed by atoms with van der Waals surface area (Å²) in [4.78, 5) is 4.24.